The van der Waals surface area contributed by atoms with Crippen LogP contribution in [0.4, 0.5) is 0 Å². The number of nitrogens with one attached hydrogen (secondary N) is 1. The Bertz CT molecular complexity index is 2230. The molecular weight excluding hydrogens is 803 g/mol. The minimum absolute atomic E-state index is 0.0402. The molecular formula is C47H51NO14. The van der Waals surface area contributed by atoms with Crippen molar-refractivity contribution in [3.8, 4) is 0 Å². The third kappa shape index (κ3) is 8.77. The predicted octanol–water partition coefficient (Wildman–Crippen LogP) is 4.54. The van der Waals surface area contributed by atoms with E-state index in [-0.39, 0.29) is 35.1 Å². The maximum atomic E-state index is 15.1. The van der Waals surface area contributed by atoms with E-state index < -0.39 is 113 Å². The number of carbonyl (C=O) groups excluding carboxylic acids is 7. The molecule has 15 nitrogen and oxygen atoms in total. The van der Waals surface area contributed by atoms with Crippen molar-refractivity contribution >= 4 is 41.5 Å². The summed E-state index contributed by atoms with van der Waals surface area (Å²) in [6.45, 7) is 7.75. The molecule has 3 aromatic rings. The summed E-state index contributed by atoms with van der Waals surface area (Å²) in [7, 11) is 0. The van der Waals surface area contributed by atoms with Crippen molar-refractivity contribution in [2.75, 3.05) is 6.61 Å². The number of aliphatic hydroxyl groups is 2. The summed E-state index contributed by atoms with van der Waals surface area (Å²) in [5, 5.41) is 28.1. The number of benzene rings is 3. The highest BCUT2D eigenvalue weighted by Gasteiger charge is 2.69. The number of amides is 1. The lowest BCUT2D eigenvalue weighted by Crippen LogP contribution is -2.71. The van der Waals surface area contributed by atoms with E-state index in [9.17, 15) is 39.0 Å². The quantitative estimate of drug-likeness (QED) is 0.137. The molecule has 0 spiro atoms. The fourth-order valence-corrected chi connectivity index (χ4v) is 9.31. The number of fused-ring (bicyclic) bond motifs is 2. The summed E-state index contributed by atoms with van der Waals surface area (Å²) in [5.41, 5.74) is -4.98. The van der Waals surface area contributed by atoms with Gasteiger partial charge in [0, 0.05) is 50.0 Å². The van der Waals surface area contributed by atoms with Gasteiger partial charge in [0.15, 0.2) is 23.6 Å². The fraction of sp³-hybridized carbons (Fsp3) is 0.426. The lowest BCUT2D eigenvalue weighted by molar-refractivity contribution is -0.243. The van der Waals surface area contributed by atoms with Gasteiger partial charge in [-0.05, 0) is 47.9 Å². The Morgan fingerprint density at radius 1 is 0.823 bits per heavy atom. The summed E-state index contributed by atoms with van der Waals surface area (Å²) in [5.74, 6) is -8.60. The van der Waals surface area contributed by atoms with Crippen molar-refractivity contribution in [1.82, 2.24) is 5.32 Å². The lowest BCUT2D eigenvalue weighted by Gasteiger charge is -2.59. The first-order valence-corrected chi connectivity index (χ1v) is 20.4. The molecule has 3 aliphatic rings. The highest BCUT2D eigenvalue weighted by atomic mass is 16.6. The molecule has 1 amide bonds. The molecule has 328 valence electrons. The molecule has 15 heteroatoms. The zero-order chi connectivity index (χ0) is 45.1. The van der Waals surface area contributed by atoms with Crippen molar-refractivity contribution in [3.63, 3.8) is 0 Å². The molecule has 1 saturated carbocycles. The Kier molecular flexibility index (Phi) is 13.2. The molecule has 3 N–H and O–H groups in total. The van der Waals surface area contributed by atoms with Gasteiger partial charge in [-0.25, -0.2) is 9.59 Å². The average molecular weight is 854 g/mol. The first kappa shape index (κ1) is 45.3. The number of rotatable bonds is 11. The number of cyclic esters (lactones) is 1. The Morgan fingerprint density at radius 3 is 1.95 bits per heavy atom. The van der Waals surface area contributed by atoms with Gasteiger partial charge in [0.2, 0.25) is 0 Å². The van der Waals surface area contributed by atoms with Gasteiger partial charge < -0.3 is 39.2 Å². The Balaban J connectivity index is 1.51. The van der Waals surface area contributed by atoms with E-state index >= 15 is 4.79 Å². The molecule has 0 aromatic heterocycles. The normalized spacial score (nSPS) is 27.8. The minimum Gasteiger partial charge on any atom is -0.461 e. The van der Waals surface area contributed by atoms with Crippen LogP contribution >= 0.6 is 0 Å². The van der Waals surface area contributed by atoms with Crippen molar-refractivity contribution < 1.29 is 67.5 Å². The molecule has 3 aromatic carbocycles. The monoisotopic (exact) mass is 853 g/mol. The topological polar surface area (TPSA) is 218 Å². The summed E-state index contributed by atoms with van der Waals surface area (Å²) >= 11 is 0. The van der Waals surface area contributed by atoms with Gasteiger partial charge in [-0.2, -0.15) is 0 Å². The summed E-state index contributed by atoms with van der Waals surface area (Å²) in [6, 6.07) is 22.9. The van der Waals surface area contributed by atoms with Crippen LogP contribution in [0.1, 0.15) is 93.1 Å². The number of Topliss-reactive ketones (excluding diaryl/α,β-unsaturated/α-hetero) is 1. The van der Waals surface area contributed by atoms with Crippen LogP contribution in [-0.4, -0.2) is 94.0 Å². The van der Waals surface area contributed by atoms with Gasteiger partial charge in [-0.15, -0.1) is 0 Å². The molecule has 9 atom stereocenters. The molecule has 6 rings (SSSR count). The summed E-state index contributed by atoms with van der Waals surface area (Å²) in [4.78, 5) is 95.3. The smallest absolute Gasteiger partial charge is 0.338 e. The molecule has 0 radical (unpaired) electrons. The number of hydrogen-bond donors (Lipinski definition) is 3. The summed E-state index contributed by atoms with van der Waals surface area (Å²) in [6.07, 6.45) is -8.03. The molecule has 2 aliphatic carbocycles. The lowest BCUT2D eigenvalue weighted by atomic mass is 9.51. The second kappa shape index (κ2) is 18.0. The fourth-order valence-electron chi connectivity index (χ4n) is 9.31. The van der Waals surface area contributed by atoms with E-state index in [2.05, 4.69) is 5.32 Å². The number of ketones is 1. The third-order valence-corrected chi connectivity index (χ3v) is 12.5. The van der Waals surface area contributed by atoms with Crippen LogP contribution in [0.3, 0.4) is 0 Å². The second-order valence-electron chi connectivity index (χ2n) is 16.7. The number of esters is 5. The zero-order valence-electron chi connectivity index (χ0n) is 35.3. The highest BCUT2D eigenvalue weighted by molar-refractivity contribution is 5.95. The molecule has 1 aliphatic heterocycles. The molecule has 1 heterocycles. The van der Waals surface area contributed by atoms with Crippen molar-refractivity contribution in [2.45, 2.75) is 102 Å². The Morgan fingerprint density at radius 2 is 1.40 bits per heavy atom. The van der Waals surface area contributed by atoms with Crippen molar-refractivity contribution in [3.05, 3.63) is 119 Å². The van der Waals surface area contributed by atoms with Crippen LogP contribution in [0.2, 0.25) is 0 Å². The number of ether oxygens (including phenoxy) is 5. The van der Waals surface area contributed by atoms with Crippen LogP contribution in [0, 0.1) is 17.3 Å². The number of aliphatic hydroxyl groups excluding tert-OH is 1. The van der Waals surface area contributed by atoms with E-state index in [0.717, 1.165) is 13.8 Å². The SMILES string of the molecule is CC(=O)O[C@H]1C(=O)[C@@H](C)C([C@@]2(OC(C)=O)CCC(=O)OC2)[C@H](OC(=O)c2ccccc2)[C@]2(O)C[C@H](OC(=O)[C@H](O)[C@@H](NC(=O)c3ccccc3)c3ccccc3)C(C)=C1C2(C)C. The zero-order valence-corrected chi connectivity index (χ0v) is 35.3. The summed E-state index contributed by atoms with van der Waals surface area (Å²) < 4.78 is 29.7. The van der Waals surface area contributed by atoms with E-state index in [0.29, 0.717) is 5.56 Å². The molecule has 2 bridgehead atoms. The van der Waals surface area contributed by atoms with Gasteiger partial charge in [-0.3, -0.25) is 24.0 Å². The highest BCUT2D eigenvalue weighted by Crippen LogP contribution is 2.58. The van der Waals surface area contributed by atoms with E-state index in [4.69, 9.17) is 23.7 Å². The molecule has 1 saturated heterocycles. The predicted molar refractivity (Wildman–Crippen MR) is 219 cm³/mol. The maximum Gasteiger partial charge on any atom is 0.338 e. The van der Waals surface area contributed by atoms with E-state index in [1.807, 2.05) is 0 Å². The third-order valence-electron chi connectivity index (χ3n) is 12.5. The van der Waals surface area contributed by atoms with Crippen LogP contribution in [0.5, 0.6) is 0 Å². The van der Waals surface area contributed by atoms with Gasteiger partial charge in [0.25, 0.3) is 5.91 Å². The van der Waals surface area contributed by atoms with E-state index in [1.54, 1.807) is 92.7 Å². The second-order valence-corrected chi connectivity index (χ2v) is 16.7. The number of hydrogen-bond acceptors (Lipinski definition) is 14. The first-order valence-electron chi connectivity index (χ1n) is 20.4. The minimum atomic E-state index is -2.37. The molecule has 1 unspecified atom stereocenters. The van der Waals surface area contributed by atoms with E-state index in [1.165, 1.54) is 26.0 Å². The van der Waals surface area contributed by atoms with Crippen LogP contribution in [0.15, 0.2) is 102 Å². The van der Waals surface area contributed by atoms with Crippen LogP contribution in [-0.2, 0) is 47.7 Å². The van der Waals surface area contributed by atoms with Gasteiger partial charge >= 0.3 is 29.8 Å². The van der Waals surface area contributed by atoms with Gasteiger partial charge in [-0.1, -0.05) is 87.5 Å². The largest absolute Gasteiger partial charge is 0.461 e. The van der Waals surface area contributed by atoms with Crippen molar-refractivity contribution in [1.29, 1.82) is 0 Å². The molecule has 62 heavy (non-hydrogen) atoms. The van der Waals surface area contributed by atoms with Crippen molar-refractivity contribution in [2.24, 2.45) is 17.3 Å². The Hall–Kier alpha value is -6.19. The standard InChI is InChI=1S/C47H51NO14/c1-26-33(60-44(56)39(53)37(30-16-10-7-11-17-30)48-42(54)31-18-12-8-13-19-31)24-47(57)41(61-43(55)32-20-14-9-15-21-32)36(46(62-29(4)50)23-22-34(51)58-25-46)27(2)38(52)40(59-28(3)49)35(26)45(47,5)6/h7-21,27,33,36-37,39-41,53,57H,22-25H2,1-6H3,(H,48,54)/t27-,33-,36?,37-,39+,40+,41-,46+,47+/m0/s1. The average Bonchev–Trinajstić information content (AvgIpc) is 3.24. The maximum absolute atomic E-state index is 15.1. The Labute approximate surface area is 358 Å². The van der Waals surface area contributed by atoms with Crippen LogP contribution in [0.25, 0.3) is 0 Å². The van der Waals surface area contributed by atoms with Gasteiger partial charge in [0.1, 0.15) is 24.4 Å². The number of carbonyl (C=O) groups is 7. The first-order chi connectivity index (χ1) is 29.3. The van der Waals surface area contributed by atoms with Gasteiger partial charge in [0.05, 0.1) is 17.5 Å². The van der Waals surface area contributed by atoms with Crippen LogP contribution < -0.4 is 5.32 Å². The molecule has 2 fully saturated rings.